The Morgan fingerprint density at radius 2 is 1.86 bits per heavy atom. The fourth-order valence-corrected chi connectivity index (χ4v) is 2.53. The Hall–Kier alpha value is -2.49. The van der Waals surface area contributed by atoms with Gasteiger partial charge in [0.1, 0.15) is 11.6 Å². The second-order valence-electron chi connectivity index (χ2n) is 5.13. The minimum Gasteiger partial charge on any atom is -0.373 e. The van der Waals surface area contributed by atoms with Gasteiger partial charge in [-0.2, -0.15) is 0 Å². The third kappa shape index (κ3) is 2.44. The number of aromatic nitrogens is 2. The van der Waals surface area contributed by atoms with Crippen molar-refractivity contribution in [1.82, 2.24) is 9.97 Å². The molecule has 4 heteroatoms. The molecule has 0 spiro atoms. The Morgan fingerprint density at radius 3 is 2.57 bits per heavy atom. The molecule has 0 aliphatic rings. The number of rotatable bonds is 2. The molecular weight excluding hydrogens is 265 g/mol. The van der Waals surface area contributed by atoms with Gasteiger partial charge < -0.3 is 5.32 Å². The van der Waals surface area contributed by atoms with Gasteiger partial charge in [0.15, 0.2) is 5.82 Å². The molecule has 0 saturated heterocycles. The van der Waals surface area contributed by atoms with E-state index in [4.69, 9.17) is 0 Å². The smallest absolute Gasteiger partial charge is 0.162 e. The molecule has 0 bridgehead atoms. The Bertz CT molecular complexity index is 807. The summed E-state index contributed by atoms with van der Waals surface area (Å²) in [6.45, 7) is 3.88. The largest absolute Gasteiger partial charge is 0.373 e. The third-order valence-electron chi connectivity index (χ3n) is 3.47. The maximum atomic E-state index is 13.6. The molecule has 0 aliphatic carbocycles. The standard InChI is InChI=1S/C17H16FN3/c1-10-7-12(9-13(18)8-10)16-20-14-6-4-5-11(2)15(14)17(19-3)21-16/h4-9H,1-3H3,(H,19,20,21). The van der Waals surface area contributed by atoms with E-state index >= 15 is 0 Å². The number of anilines is 1. The molecule has 0 unspecified atom stereocenters. The number of fused-ring (bicyclic) bond motifs is 1. The first kappa shape index (κ1) is 13.5. The highest BCUT2D eigenvalue weighted by Crippen LogP contribution is 2.27. The van der Waals surface area contributed by atoms with Gasteiger partial charge in [0.2, 0.25) is 0 Å². The van der Waals surface area contributed by atoms with Crippen LogP contribution in [-0.4, -0.2) is 17.0 Å². The average Bonchev–Trinajstić information content (AvgIpc) is 2.45. The van der Waals surface area contributed by atoms with Crippen LogP contribution in [0.25, 0.3) is 22.3 Å². The average molecular weight is 281 g/mol. The second-order valence-corrected chi connectivity index (χ2v) is 5.13. The molecule has 1 heterocycles. The number of nitrogens with one attached hydrogen (secondary N) is 1. The summed E-state index contributed by atoms with van der Waals surface area (Å²) in [5.41, 5.74) is 3.50. The summed E-state index contributed by atoms with van der Waals surface area (Å²) in [4.78, 5) is 9.12. The van der Waals surface area contributed by atoms with Crippen molar-refractivity contribution in [2.24, 2.45) is 0 Å². The zero-order valence-electron chi connectivity index (χ0n) is 12.2. The van der Waals surface area contributed by atoms with Crippen molar-refractivity contribution < 1.29 is 4.39 Å². The molecule has 106 valence electrons. The van der Waals surface area contributed by atoms with Gasteiger partial charge in [-0.3, -0.25) is 0 Å². The number of hydrogen-bond acceptors (Lipinski definition) is 3. The van der Waals surface area contributed by atoms with Crippen molar-refractivity contribution >= 4 is 16.7 Å². The molecular formula is C17H16FN3. The highest BCUT2D eigenvalue weighted by atomic mass is 19.1. The fraction of sp³-hybridized carbons (Fsp3) is 0.176. The van der Waals surface area contributed by atoms with Crippen LogP contribution in [0.5, 0.6) is 0 Å². The molecule has 0 aliphatic heterocycles. The van der Waals surface area contributed by atoms with Gasteiger partial charge in [-0.1, -0.05) is 12.1 Å². The molecule has 3 nitrogen and oxygen atoms in total. The molecule has 2 aromatic carbocycles. The summed E-state index contributed by atoms with van der Waals surface area (Å²) in [6, 6.07) is 10.8. The number of nitrogens with zero attached hydrogens (tertiary/aromatic N) is 2. The van der Waals surface area contributed by atoms with Gasteiger partial charge in [-0.05, 0) is 49.2 Å². The molecule has 1 aromatic heterocycles. The topological polar surface area (TPSA) is 37.8 Å². The predicted octanol–water partition coefficient (Wildman–Crippen LogP) is 4.09. The molecule has 0 saturated carbocycles. The third-order valence-corrected chi connectivity index (χ3v) is 3.47. The first-order valence-electron chi connectivity index (χ1n) is 6.81. The number of hydrogen-bond donors (Lipinski definition) is 1. The Labute approximate surface area is 122 Å². The lowest BCUT2D eigenvalue weighted by Crippen LogP contribution is -2.00. The Kier molecular flexibility index (Phi) is 3.29. The predicted molar refractivity (Wildman–Crippen MR) is 84.0 cm³/mol. The van der Waals surface area contributed by atoms with E-state index in [0.717, 1.165) is 27.8 Å². The van der Waals surface area contributed by atoms with Crippen LogP contribution in [-0.2, 0) is 0 Å². The van der Waals surface area contributed by atoms with Crippen LogP contribution in [0.4, 0.5) is 10.2 Å². The lowest BCUT2D eigenvalue weighted by molar-refractivity contribution is 0.627. The van der Waals surface area contributed by atoms with E-state index in [1.54, 1.807) is 0 Å². The van der Waals surface area contributed by atoms with E-state index in [9.17, 15) is 4.39 Å². The molecule has 0 fully saturated rings. The first-order valence-corrected chi connectivity index (χ1v) is 6.81. The number of halogens is 1. The maximum Gasteiger partial charge on any atom is 0.162 e. The van der Waals surface area contributed by atoms with Gasteiger partial charge in [0.25, 0.3) is 0 Å². The lowest BCUT2D eigenvalue weighted by atomic mass is 10.1. The van der Waals surface area contributed by atoms with E-state index in [1.165, 1.54) is 12.1 Å². The van der Waals surface area contributed by atoms with Crippen molar-refractivity contribution in [1.29, 1.82) is 0 Å². The van der Waals surface area contributed by atoms with Crippen molar-refractivity contribution in [3.05, 3.63) is 53.3 Å². The molecule has 3 rings (SSSR count). The van der Waals surface area contributed by atoms with E-state index < -0.39 is 0 Å². The Balaban J connectivity index is 2.29. The highest BCUT2D eigenvalue weighted by Gasteiger charge is 2.11. The molecule has 21 heavy (non-hydrogen) atoms. The summed E-state index contributed by atoms with van der Waals surface area (Å²) in [6.07, 6.45) is 0. The first-order chi connectivity index (χ1) is 10.1. The second kappa shape index (κ2) is 5.13. The van der Waals surface area contributed by atoms with E-state index in [-0.39, 0.29) is 5.82 Å². The van der Waals surface area contributed by atoms with Gasteiger partial charge in [0, 0.05) is 18.0 Å². The van der Waals surface area contributed by atoms with Gasteiger partial charge in [-0.25, -0.2) is 14.4 Å². The van der Waals surface area contributed by atoms with E-state index in [2.05, 4.69) is 15.3 Å². The van der Waals surface area contributed by atoms with Crippen LogP contribution >= 0.6 is 0 Å². The summed E-state index contributed by atoms with van der Waals surface area (Å²) >= 11 is 0. The van der Waals surface area contributed by atoms with Crippen LogP contribution in [0, 0.1) is 19.7 Å². The minimum absolute atomic E-state index is 0.274. The van der Waals surface area contributed by atoms with Crippen LogP contribution in [0.3, 0.4) is 0 Å². The lowest BCUT2D eigenvalue weighted by Gasteiger charge is -2.10. The SMILES string of the molecule is CNc1nc(-c2cc(C)cc(F)c2)nc2cccc(C)c12. The number of aryl methyl sites for hydroxylation is 2. The van der Waals surface area contributed by atoms with Crippen molar-refractivity contribution in [3.63, 3.8) is 0 Å². The molecule has 0 amide bonds. The number of benzene rings is 2. The highest BCUT2D eigenvalue weighted by molar-refractivity contribution is 5.93. The molecule has 1 N–H and O–H groups in total. The van der Waals surface area contributed by atoms with Gasteiger partial charge in [-0.15, -0.1) is 0 Å². The quantitative estimate of drug-likeness (QED) is 0.768. The van der Waals surface area contributed by atoms with E-state index in [1.807, 2.05) is 45.2 Å². The zero-order valence-corrected chi connectivity index (χ0v) is 12.2. The van der Waals surface area contributed by atoms with Crippen LogP contribution < -0.4 is 5.32 Å². The molecule has 0 atom stereocenters. The maximum absolute atomic E-state index is 13.6. The normalized spacial score (nSPS) is 10.9. The Morgan fingerprint density at radius 1 is 1.05 bits per heavy atom. The monoisotopic (exact) mass is 281 g/mol. The van der Waals surface area contributed by atoms with Crippen molar-refractivity contribution in [2.45, 2.75) is 13.8 Å². The van der Waals surface area contributed by atoms with Crippen LogP contribution in [0.1, 0.15) is 11.1 Å². The molecule has 3 aromatic rings. The molecule has 0 radical (unpaired) electrons. The van der Waals surface area contributed by atoms with Crippen LogP contribution in [0.15, 0.2) is 36.4 Å². The fourth-order valence-electron chi connectivity index (χ4n) is 2.53. The zero-order chi connectivity index (χ0) is 15.0. The van der Waals surface area contributed by atoms with Gasteiger partial charge >= 0.3 is 0 Å². The minimum atomic E-state index is -0.274. The van der Waals surface area contributed by atoms with Crippen molar-refractivity contribution in [2.75, 3.05) is 12.4 Å². The summed E-state index contributed by atoms with van der Waals surface area (Å²) in [5, 5.41) is 4.10. The summed E-state index contributed by atoms with van der Waals surface area (Å²) in [5.74, 6) is 1.01. The van der Waals surface area contributed by atoms with E-state index in [0.29, 0.717) is 11.4 Å². The van der Waals surface area contributed by atoms with Crippen LogP contribution in [0.2, 0.25) is 0 Å². The summed E-state index contributed by atoms with van der Waals surface area (Å²) < 4.78 is 13.6. The van der Waals surface area contributed by atoms with Crippen molar-refractivity contribution in [3.8, 4) is 11.4 Å². The summed E-state index contributed by atoms with van der Waals surface area (Å²) in [7, 11) is 1.83. The van der Waals surface area contributed by atoms with Gasteiger partial charge in [0.05, 0.1) is 5.52 Å².